The minimum Gasteiger partial charge on any atom is -0.442 e. The average Bonchev–Trinajstić information content (AvgIpc) is 3.42. The Balaban J connectivity index is 1.43. The van der Waals surface area contributed by atoms with Gasteiger partial charge in [0, 0.05) is 37.7 Å². The second-order valence-corrected chi connectivity index (χ2v) is 7.66. The third-order valence-corrected chi connectivity index (χ3v) is 5.67. The fourth-order valence-electron chi connectivity index (χ4n) is 3.99. The minimum absolute atomic E-state index is 0.0902. The number of amides is 2. The molecule has 2 aliphatic heterocycles. The zero-order valence-electron chi connectivity index (χ0n) is 17.1. The molecule has 2 amide bonds. The van der Waals surface area contributed by atoms with Crippen molar-refractivity contribution in [1.29, 1.82) is 0 Å². The molecule has 1 aromatic carbocycles. The summed E-state index contributed by atoms with van der Waals surface area (Å²) in [5, 5.41) is 10.3. The van der Waals surface area contributed by atoms with Crippen LogP contribution < -0.4 is 15.1 Å². The smallest absolute Gasteiger partial charge is 0.414 e. The van der Waals surface area contributed by atoms with E-state index in [1.54, 1.807) is 24.5 Å². The van der Waals surface area contributed by atoms with Crippen molar-refractivity contribution < 1.29 is 23.1 Å². The highest BCUT2D eigenvalue weighted by atomic mass is 19.1. The summed E-state index contributed by atoms with van der Waals surface area (Å²) >= 11 is 0. The highest BCUT2D eigenvalue weighted by molar-refractivity contribution is 5.90. The summed E-state index contributed by atoms with van der Waals surface area (Å²) in [6, 6.07) is 2.50. The Labute approximate surface area is 178 Å². The Morgan fingerprint density at radius 1 is 1.19 bits per heavy atom. The molecular formula is C20H24F2N6O3. The predicted octanol–water partition coefficient (Wildman–Crippen LogP) is 2.25. The highest BCUT2D eigenvalue weighted by Gasteiger charge is 2.34. The van der Waals surface area contributed by atoms with Crippen molar-refractivity contribution >= 4 is 23.4 Å². The first kappa shape index (κ1) is 21.0. The maximum Gasteiger partial charge on any atom is 0.414 e. The third kappa shape index (κ3) is 4.44. The van der Waals surface area contributed by atoms with Crippen LogP contribution in [0.15, 0.2) is 24.8 Å². The molecule has 2 fully saturated rings. The van der Waals surface area contributed by atoms with Crippen LogP contribution in [0.3, 0.4) is 0 Å². The number of hydrogen-bond donors (Lipinski definition) is 1. The number of aromatic nitrogens is 3. The SMILES string of the molecule is CCC(=O)NCC1CN(c2cc(F)c(N3CCC(n4cnnc4)CC3)c(F)c2)C(=O)O1. The van der Waals surface area contributed by atoms with Crippen molar-refractivity contribution in [2.45, 2.75) is 38.3 Å². The molecule has 3 heterocycles. The first-order valence-electron chi connectivity index (χ1n) is 10.3. The molecule has 2 aliphatic rings. The van der Waals surface area contributed by atoms with Crippen molar-refractivity contribution in [3.05, 3.63) is 36.4 Å². The molecule has 1 atom stereocenters. The van der Waals surface area contributed by atoms with Crippen molar-refractivity contribution in [3.8, 4) is 0 Å². The molecule has 31 heavy (non-hydrogen) atoms. The predicted molar refractivity (Wildman–Crippen MR) is 108 cm³/mol. The number of anilines is 2. The molecule has 4 rings (SSSR count). The van der Waals surface area contributed by atoms with Gasteiger partial charge in [-0.1, -0.05) is 6.92 Å². The zero-order chi connectivity index (χ0) is 22.0. The van der Waals surface area contributed by atoms with Crippen LogP contribution in [0, 0.1) is 11.6 Å². The van der Waals surface area contributed by atoms with Gasteiger partial charge in [-0.25, -0.2) is 13.6 Å². The van der Waals surface area contributed by atoms with Gasteiger partial charge in [-0.05, 0) is 12.8 Å². The number of benzene rings is 1. The number of hydrogen-bond acceptors (Lipinski definition) is 6. The van der Waals surface area contributed by atoms with Crippen LogP contribution in [-0.2, 0) is 9.53 Å². The number of rotatable bonds is 6. The lowest BCUT2D eigenvalue weighted by Gasteiger charge is -2.34. The summed E-state index contributed by atoms with van der Waals surface area (Å²) in [5.74, 6) is -1.62. The van der Waals surface area contributed by atoms with E-state index in [1.807, 2.05) is 4.57 Å². The molecule has 1 aromatic heterocycles. The second kappa shape index (κ2) is 8.86. The molecule has 11 heteroatoms. The fraction of sp³-hybridized carbons (Fsp3) is 0.500. The summed E-state index contributed by atoms with van der Waals surface area (Å²) < 4.78 is 36.9. The molecule has 0 aliphatic carbocycles. The number of nitrogens with zero attached hydrogens (tertiary/aromatic N) is 5. The van der Waals surface area contributed by atoms with E-state index >= 15 is 0 Å². The minimum atomic E-state index is -0.728. The Morgan fingerprint density at radius 3 is 2.45 bits per heavy atom. The molecule has 1 N–H and O–H groups in total. The number of nitrogens with one attached hydrogen (secondary N) is 1. The van der Waals surface area contributed by atoms with E-state index in [0.717, 1.165) is 12.1 Å². The third-order valence-electron chi connectivity index (χ3n) is 5.67. The van der Waals surface area contributed by atoms with Crippen LogP contribution in [-0.4, -0.2) is 59.0 Å². The van der Waals surface area contributed by atoms with E-state index in [4.69, 9.17) is 4.74 Å². The Kier molecular flexibility index (Phi) is 6.01. The molecule has 166 valence electrons. The number of halogens is 2. The van der Waals surface area contributed by atoms with Crippen molar-refractivity contribution in [1.82, 2.24) is 20.1 Å². The van der Waals surface area contributed by atoms with Crippen molar-refractivity contribution in [3.63, 3.8) is 0 Å². The van der Waals surface area contributed by atoms with Gasteiger partial charge in [0.2, 0.25) is 5.91 Å². The van der Waals surface area contributed by atoms with Crippen LogP contribution >= 0.6 is 0 Å². The van der Waals surface area contributed by atoms with E-state index in [-0.39, 0.29) is 36.4 Å². The lowest BCUT2D eigenvalue weighted by Crippen LogP contribution is -2.36. The van der Waals surface area contributed by atoms with Gasteiger partial charge in [0.1, 0.15) is 24.4 Å². The summed E-state index contributed by atoms with van der Waals surface area (Å²) in [6.45, 7) is 2.94. The second-order valence-electron chi connectivity index (χ2n) is 7.66. The lowest BCUT2D eigenvalue weighted by atomic mass is 10.0. The quantitative estimate of drug-likeness (QED) is 0.750. The summed E-state index contributed by atoms with van der Waals surface area (Å²) in [6.07, 6.45) is 3.75. The van der Waals surface area contributed by atoms with Crippen LogP contribution in [0.1, 0.15) is 32.2 Å². The van der Waals surface area contributed by atoms with Gasteiger partial charge in [-0.3, -0.25) is 9.69 Å². The number of ether oxygens (including phenoxy) is 1. The van der Waals surface area contributed by atoms with Crippen molar-refractivity contribution in [2.24, 2.45) is 0 Å². The monoisotopic (exact) mass is 434 g/mol. The molecule has 0 spiro atoms. The lowest BCUT2D eigenvalue weighted by molar-refractivity contribution is -0.121. The molecule has 2 aromatic rings. The van der Waals surface area contributed by atoms with Crippen LogP contribution in [0.2, 0.25) is 0 Å². The largest absolute Gasteiger partial charge is 0.442 e. The van der Waals surface area contributed by atoms with E-state index in [2.05, 4.69) is 15.5 Å². The average molecular weight is 434 g/mol. The van der Waals surface area contributed by atoms with Gasteiger partial charge >= 0.3 is 6.09 Å². The topological polar surface area (TPSA) is 92.6 Å². The Hall–Kier alpha value is -3.24. The normalized spacial score (nSPS) is 19.6. The first-order valence-corrected chi connectivity index (χ1v) is 10.3. The van der Waals surface area contributed by atoms with Gasteiger partial charge in [-0.2, -0.15) is 0 Å². The van der Waals surface area contributed by atoms with Crippen LogP contribution in [0.5, 0.6) is 0 Å². The van der Waals surface area contributed by atoms with Crippen LogP contribution in [0.25, 0.3) is 0 Å². The molecule has 0 saturated carbocycles. The highest BCUT2D eigenvalue weighted by Crippen LogP contribution is 2.34. The van der Waals surface area contributed by atoms with Gasteiger partial charge in [-0.15, -0.1) is 10.2 Å². The molecule has 2 saturated heterocycles. The summed E-state index contributed by atoms with van der Waals surface area (Å²) in [4.78, 5) is 26.4. The zero-order valence-corrected chi connectivity index (χ0v) is 17.1. The Bertz CT molecular complexity index is 923. The number of cyclic esters (lactones) is 1. The van der Waals surface area contributed by atoms with Gasteiger partial charge in [0.05, 0.1) is 18.8 Å². The van der Waals surface area contributed by atoms with Crippen LogP contribution in [0.4, 0.5) is 25.0 Å². The van der Waals surface area contributed by atoms with E-state index in [0.29, 0.717) is 32.4 Å². The molecule has 9 nitrogen and oxygen atoms in total. The standard InChI is InChI=1S/C20H24F2N6O3/c1-2-18(29)23-9-15-10-28(20(30)31-15)14-7-16(21)19(17(22)8-14)26-5-3-13(4-6-26)27-11-24-25-12-27/h7-8,11-13,15H,2-6,9-10H2,1H3,(H,23,29). The fourth-order valence-corrected chi connectivity index (χ4v) is 3.99. The number of piperidine rings is 1. The maximum atomic E-state index is 14.9. The van der Waals surface area contributed by atoms with Gasteiger partial charge in [0.25, 0.3) is 0 Å². The molecular weight excluding hydrogens is 410 g/mol. The molecule has 0 bridgehead atoms. The molecule has 1 unspecified atom stereocenters. The summed E-state index contributed by atoms with van der Waals surface area (Å²) in [7, 11) is 0. The number of carbonyl (C=O) groups is 2. The Morgan fingerprint density at radius 2 is 1.84 bits per heavy atom. The van der Waals surface area contributed by atoms with Gasteiger partial charge < -0.3 is 19.5 Å². The van der Waals surface area contributed by atoms with E-state index in [1.165, 1.54) is 4.90 Å². The van der Waals surface area contributed by atoms with Gasteiger partial charge in [0.15, 0.2) is 11.6 Å². The van der Waals surface area contributed by atoms with Crippen molar-refractivity contribution in [2.75, 3.05) is 36.0 Å². The number of carbonyl (C=O) groups excluding carboxylic acids is 2. The maximum absolute atomic E-state index is 14.9. The van der Waals surface area contributed by atoms with E-state index in [9.17, 15) is 18.4 Å². The summed E-state index contributed by atoms with van der Waals surface area (Å²) in [5.41, 5.74) is -0.00211. The van der Waals surface area contributed by atoms with E-state index < -0.39 is 23.8 Å². The first-order chi connectivity index (χ1) is 15.0. The molecule has 0 radical (unpaired) electrons.